The predicted octanol–water partition coefficient (Wildman–Crippen LogP) is 3.89. The molecule has 1 N–H and O–H groups in total. The van der Waals surface area contributed by atoms with Crippen molar-refractivity contribution in [2.45, 2.75) is 6.92 Å². The second-order valence-electron chi connectivity index (χ2n) is 5.72. The number of hydrogen-bond donors (Lipinski definition) is 1. The van der Waals surface area contributed by atoms with E-state index in [2.05, 4.69) is 15.3 Å². The molecule has 136 valence electrons. The van der Waals surface area contributed by atoms with Crippen LogP contribution in [-0.4, -0.2) is 28.0 Å². The van der Waals surface area contributed by atoms with Crippen LogP contribution in [0.1, 0.15) is 15.9 Å². The zero-order chi connectivity index (χ0) is 19.4. The first-order valence-corrected chi connectivity index (χ1v) is 8.02. The number of methoxy groups -OCH3 is 1. The quantitative estimate of drug-likeness (QED) is 0.416. The van der Waals surface area contributed by atoms with Gasteiger partial charge in [0.2, 0.25) is 5.95 Å². The molecule has 0 saturated carbocycles. The van der Waals surface area contributed by atoms with Crippen molar-refractivity contribution < 1.29 is 14.5 Å². The third kappa shape index (κ3) is 4.06. The van der Waals surface area contributed by atoms with Crippen molar-refractivity contribution >= 4 is 23.3 Å². The lowest BCUT2D eigenvalue weighted by atomic mass is 10.1. The van der Waals surface area contributed by atoms with E-state index in [1.54, 1.807) is 36.5 Å². The molecule has 0 unspecified atom stereocenters. The van der Waals surface area contributed by atoms with Gasteiger partial charge in [-0.15, -0.1) is 0 Å². The maximum atomic E-state index is 11.7. The molecule has 0 spiro atoms. The molecule has 0 saturated heterocycles. The van der Waals surface area contributed by atoms with E-state index >= 15 is 0 Å². The molecule has 2 aromatic carbocycles. The van der Waals surface area contributed by atoms with Gasteiger partial charge in [-0.25, -0.2) is 14.8 Å². The van der Waals surface area contributed by atoms with Gasteiger partial charge in [0.1, 0.15) is 0 Å². The number of nitro benzene ring substituents is 1. The summed E-state index contributed by atoms with van der Waals surface area (Å²) in [6.07, 6.45) is 1.57. The fourth-order valence-electron chi connectivity index (χ4n) is 2.48. The molecular formula is C19H16N4O4. The number of ether oxygens (including phenoxy) is 1. The highest BCUT2D eigenvalue weighted by Crippen LogP contribution is 2.25. The SMILES string of the molecule is COC(=O)c1cccc(-c2ccnc(Nc3cc([N+](=O)[O-])ccc3C)n2)c1. The Hall–Kier alpha value is -3.81. The molecule has 1 heterocycles. The highest BCUT2D eigenvalue weighted by Gasteiger charge is 2.11. The molecule has 0 radical (unpaired) electrons. The zero-order valence-corrected chi connectivity index (χ0v) is 14.7. The molecule has 0 aliphatic heterocycles. The Morgan fingerprint density at radius 2 is 2.00 bits per heavy atom. The monoisotopic (exact) mass is 364 g/mol. The molecule has 3 aromatic rings. The van der Waals surface area contributed by atoms with Gasteiger partial charge in [0.25, 0.3) is 5.69 Å². The Morgan fingerprint density at radius 1 is 1.19 bits per heavy atom. The minimum absolute atomic E-state index is 0.0231. The number of non-ortho nitro benzene ring substituents is 1. The fraction of sp³-hybridized carbons (Fsp3) is 0.105. The van der Waals surface area contributed by atoms with Crippen LogP contribution in [0.25, 0.3) is 11.3 Å². The number of nitro groups is 1. The van der Waals surface area contributed by atoms with Crippen molar-refractivity contribution in [2.24, 2.45) is 0 Å². The Balaban J connectivity index is 1.92. The average Bonchev–Trinajstić information content (AvgIpc) is 2.69. The Bertz CT molecular complexity index is 1020. The number of aryl methyl sites for hydroxylation is 1. The number of hydrogen-bond acceptors (Lipinski definition) is 7. The van der Waals surface area contributed by atoms with Crippen LogP contribution in [0.4, 0.5) is 17.3 Å². The van der Waals surface area contributed by atoms with E-state index in [0.717, 1.165) is 11.1 Å². The number of nitrogens with one attached hydrogen (secondary N) is 1. The summed E-state index contributed by atoms with van der Waals surface area (Å²) in [6, 6.07) is 13.1. The Labute approximate surface area is 155 Å². The van der Waals surface area contributed by atoms with Crippen molar-refractivity contribution in [1.29, 1.82) is 0 Å². The van der Waals surface area contributed by atoms with Crippen LogP contribution in [0.3, 0.4) is 0 Å². The van der Waals surface area contributed by atoms with Gasteiger partial charge in [0.15, 0.2) is 0 Å². The van der Waals surface area contributed by atoms with Gasteiger partial charge in [-0.2, -0.15) is 0 Å². The first kappa shape index (κ1) is 18.0. The van der Waals surface area contributed by atoms with Gasteiger partial charge in [-0.05, 0) is 30.7 Å². The summed E-state index contributed by atoms with van der Waals surface area (Å²) in [5.74, 6) is -0.143. The Morgan fingerprint density at radius 3 is 2.74 bits per heavy atom. The minimum atomic E-state index is -0.458. The number of esters is 1. The van der Waals surface area contributed by atoms with Crippen molar-refractivity contribution in [3.8, 4) is 11.3 Å². The lowest BCUT2D eigenvalue weighted by molar-refractivity contribution is -0.384. The summed E-state index contributed by atoms with van der Waals surface area (Å²) in [6.45, 7) is 1.83. The van der Waals surface area contributed by atoms with Crippen molar-refractivity contribution in [3.05, 3.63) is 76.0 Å². The van der Waals surface area contributed by atoms with E-state index < -0.39 is 10.9 Å². The second-order valence-corrected chi connectivity index (χ2v) is 5.72. The Kier molecular flexibility index (Phi) is 5.07. The lowest BCUT2D eigenvalue weighted by Gasteiger charge is -2.09. The summed E-state index contributed by atoms with van der Waals surface area (Å²) in [5.41, 5.74) is 3.08. The van der Waals surface area contributed by atoms with Crippen LogP contribution in [0.2, 0.25) is 0 Å². The largest absolute Gasteiger partial charge is 0.465 e. The lowest BCUT2D eigenvalue weighted by Crippen LogP contribution is -2.02. The maximum Gasteiger partial charge on any atom is 0.337 e. The van der Waals surface area contributed by atoms with Gasteiger partial charge < -0.3 is 10.1 Å². The normalized spacial score (nSPS) is 10.3. The number of nitrogens with zero attached hydrogens (tertiary/aromatic N) is 3. The van der Waals surface area contributed by atoms with Crippen LogP contribution in [0.5, 0.6) is 0 Å². The van der Waals surface area contributed by atoms with E-state index in [1.165, 1.54) is 19.2 Å². The van der Waals surface area contributed by atoms with Crippen LogP contribution in [0, 0.1) is 17.0 Å². The first-order valence-electron chi connectivity index (χ1n) is 8.02. The highest BCUT2D eigenvalue weighted by molar-refractivity contribution is 5.90. The molecule has 3 rings (SSSR count). The summed E-state index contributed by atoms with van der Waals surface area (Å²) in [5, 5.41) is 14.0. The van der Waals surface area contributed by atoms with Gasteiger partial charge in [0.05, 0.1) is 29.0 Å². The smallest absolute Gasteiger partial charge is 0.337 e. The summed E-state index contributed by atoms with van der Waals surface area (Å²) in [4.78, 5) is 30.8. The van der Waals surface area contributed by atoms with Gasteiger partial charge >= 0.3 is 5.97 Å². The summed E-state index contributed by atoms with van der Waals surface area (Å²) < 4.78 is 4.73. The molecule has 27 heavy (non-hydrogen) atoms. The number of carbonyl (C=O) groups excluding carboxylic acids is 1. The standard InChI is InChI=1S/C19H16N4O4/c1-12-6-7-15(23(25)26)11-17(12)22-19-20-9-8-16(21-19)13-4-3-5-14(10-13)18(24)27-2/h3-11H,1-2H3,(H,20,21,22). The maximum absolute atomic E-state index is 11.7. The van der Waals surface area contributed by atoms with Crippen molar-refractivity contribution in [2.75, 3.05) is 12.4 Å². The highest BCUT2D eigenvalue weighted by atomic mass is 16.6. The summed E-state index contributed by atoms with van der Waals surface area (Å²) >= 11 is 0. The van der Waals surface area contributed by atoms with Crippen molar-refractivity contribution in [3.63, 3.8) is 0 Å². The number of benzene rings is 2. The van der Waals surface area contributed by atoms with Gasteiger partial charge in [0, 0.05) is 23.9 Å². The van der Waals surface area contributed by atoms with E-state index in [-0.39, 0.29) is 5.69 Å². The van der Waals surface area contributed by atoms with Crippen LogP contribution in [0.15, 0.2) is 54.7 Å². The van der Waals surface area contributed by atoms with Crippen LogP contribution >= 0.6 is 0 Å². The average molecular weight is 364 g/mol. The molecule has 0 aliphatic carbocycles. The number of rotatable bonds is 5. The van der Waals surface area contributed by atoms with E-state index in [4.69, 9.17) is 4.74 Å². The van der Waals surface area contributed by atoms with E-state index in [9.17, 15) is 14.9 Å². The number of carbonyl (C=O) groups is 1. The molecule has 8 nitrogen and oxygen atoms in total. The number of anilines is 2. The molecule has 0 aliphatic rings. The van der Waals surface area contributed by atoms with E-state index in [0.29, 0.717) is 22.9 Å². The molecule has 1 aromatic heterocycles. The summed E-state index contributed by atoms with van der Waals surface area (Å²) in [7, 11) is 1.32. The first-order chi connectivity index (χ1) is 13.0. The zero-order valence-electron chi connectivity index (χ0n) is 14.7. The molecule has 0 bridgehead atoms. The molecule has 0 atom stereocenters. The molecule has 8 heteroatoms. The minimum Gasteiger partial charge on any atom is -0.465 e. The molecule has 0 amide bonds. The second kappa shape index (κ2) is 7.61. The predicted molar refractivity (Wildman–Crippen MR) is 99.9 cm³/mol. The van der Waals surface area contributed by atoms with Crippen LogP contribution < -0.4 is 5.32 Å². The van der Waals surface area contributed by atoms with Gasteiger partial charge in [-0.1, -0.05) is 18.2 Å². The third-order valence-corrected chi connectivity index (χ3v) is 3.91. The third-order valence-electron chi connectivity index (χ3n) is 3.91. The molecule has 0 fully saturated rings. The van der Waals surface area contributed by atoms with Crippen molar-refractivity contribution in [1.82, 2.24) is 9.97 Å². The topological polar surface area (TPSA) is 107 Å². The fourth-order valence-corrected chi connectivity index (χ4v) is 2.48. The van der Waals surface area contributed by atoms with E-state index in [1.807, 2.05) is 13.0 Å². The number of aromatic nitrogens is 2. The molecular weight excluding hydrogens is 348 g/mol. The van der Waals surface area contributed by atoms with Crippen LogP contribution in [-0.2, 0) is 4.74 Å². The van der Waals surface area contributed by atoms with Gasteiger partial charge in [-0.3, -0.25) is 10.1 Å².